The zero-order valence-electron chi connectivity index (χ0n) is 9.24. The Bertz CT molecular complexity index is 369. The molecule has 2 N–H and O–H groups in total. The van der Waals surface area contributed by atoms with Gasteiger partial charge in [0.05, 0.1) is 0 Å². The maximum Gasteiger partial charge on any atom is 0.0359 e. The first-order valence-corrected chi connectivity index (χ1v) is 5.48. The van der Waals surface area contributed by atoms with E-state index in [-0.39, 0.29) is 0 Å². The second-order valence-corrected chi connectivity index (χ2v) is 4.20. The summed E-state index contributed by atoms with van der Waals surface area (Å²) in [6.45, 7) is 5.27. The number of hydrogen-bond acceptors (Lipinski definition) is 2. The van der Waals surface area contributed by atoms with Crippen molar-refractivity contribution >= 4 is 5.69 Å². The molecule has 1 aliphatic heterocycles. The summed E-state index contributed by atoms with van der Waals surface area (Å²) in [6, 6.07) is 6.26. The Morgan fingerprint density at radius 3 is 2.93 bits per heavy atom. The standard InChI is InChI=1S/C13H18N2/c1-11-5-6-13(14)12(9-11)10-15-7-3-2-4-8-15/h2-3,5-6,9H,4,7-8,10,14H2,1H3. The van der Waals surface area contributed by atoms with E-state index in [2.05, 4.69) is 36.1 Å². The van der Waals surface area contributed by atoms with Gasteiger partial charge in [0.2, 0.25) is 0 Å². The van der Waals surface area contributed by atoms with Crippen molar-refractivity contribution in [2.24, 2.45) is 0 Å². The van der Waals surface area contributed by atoms with Crippen molar-refractivity contribution in [1.82, 2.24) is 4.90 Å². The minimum atomic E-state index is 0.912. The van der Waals surface area contributed by atoms with E-state index in [4.69, 9.17) is 5.73 Å². The van der Waals surface area contributed by atoms with Crippen molar-refractivity contribution in [3.05, 3.63) is 41.5 Å². The SMILES string of the molecule is Cc1ccc(N)c(CN2CC=CCC2)c1. The van der Waals surface area contributed by atoms with Crippen molar-refractivity contribution in [2.75, 3.05) is 18.8 Å². The van der Waals surface area contributed by atoms with Crippen molar-refractivity contribution in [2.45, 2.75) is 19.9 Å². The molecule has 2 rings (SSSR count). The number of nitrogens with two attached hydrogens (primary N) is 1. The Hall–Kier alpha value is -1.28. The fourth-order valence-corrected chi connectivity index (χ4v) is 1.95. The van der Waals surface area contributed by atoms with E-state index in [9.17, 15) is 0 Å². The van der Waals surface area contributed by atoms with Gasteiger partial charge < -0.3 is 5.73 Å². The molecule has 0 saturated carbocycles. The van der Waals surface area contributed by atoms with E-state index in [1.54, 1.807) is 0 Å². The summed E-state index contributed by atoms with van der Waals surface area (Å²) in [5, 5.41) is 0. The van der Waals surface area contributed by atoms with Gasteiger partial charge in [-0.2, -0.15) is 0 Å². The monoisotopic (exact) mass is 202 g/mol. The van der Waals surface area contributed by atoms with E-state index < -0.39 is 0 Å². The maximum atomic E-state index is 5.96. The molecular weight excluding hydrogens is 184 g/mol. The molecule has 0 bridgehead atoms. The third-order valence-corrected chi connectivity index (χ3v) is 2.83. The van der Waals surface area contributed by atoms with Crippen LogP contribution >= 0.6 is 0 Å². The number of anilines is 1. The summed E-state index contributed by atoms with van der Waals surface area (Å²) >= 11 is 0. The minimum absolute atomic E-state index is 0.912. The average Bonchev–Trinajstić information content (AvgIpc) is 2.25. The van der Waals surface area contributed by atoms with E-state index >= 15 is 0 Å². The zero-order valence-corrected chi connectivity index (χ0v) is 9.24. The lowest BCUT2D eigenvalue weighted by Gasteiger charge is -2.23. The number of nitrogen functional groups attached to an aromatic ring is 1. The summed E-state index contributed by atoms with van der Waals surface area (Å²) < 4.78 is 0. The van der Waals surface area contributed by atoms with Gasteiger partial charge in [-0.3, -0.25) is 4.90 Å². The molecule has 0 saturated heterocycles. The van der Waals surface area contributed by atoms with Crippen LogP contribution in [0.15, 0.2) is 30.4 Å². The molecule has 1 aromatic rings. The predicted molar refractivity (Wildman–Crippen MR) is 64.6 cm³/mol. The van der Waals surface area contributed by atoms with Crippen molar-refractivity contribution in [3.8, 4) is 0 Å². The van der Waals surface area contributed by atoms with Gasteiger partial charge in [0, 0.05) is 25.3 Å². The van der Waals surface area contributed by atoms with Gasteiger partial charge in [-0.25, -0.2) is 0 Å². The molecule has 2 heteroatoms. The van der Waals surface area contributed by atoms with Crippen LogP contribution in [0, 0.1) is 6.92 Å². The van der Waals surface area contributed by atoms with Crippen LogP contribution in [-0.2, 0) is 6.54 Å². The molecule has 2 nitrogen and oxygen atoms in total. The van der Waals surface area contributed by atoms with Crippen molar-refractivity contribution in [3.63, 3.8) is 0 Å². The molecule has 0 spiro atoms. The second kappa shape index (κ2) is 4.49. The zero-order chi connectivity index (χ0) is 10.7. The Labute approximate surface area is 91.4 Å². The first-order chi connectivity index (χ1) is 7.25. The molecule has 0 amide bonds. The Balaban J connectivity index is 2.09. The molecule has 80 valence electrons. The highest BCUT2D eigenvalue weighted by atomic mass is 15.1. The molecule has 15 heavy (non-hydrogen) atoms. The Kier molecular flexibility index (Phi) is 3.07. The molecule has 0 atom stereocenters. The smallest absolute Gasteiger partial charge is 0.0359 e. The predicted octanol–water partition coefficient (Wildman–Crippen LogP) is 2.34. The van der Waals surface area contributed by atoms with Gasteiger partial charge in [-0.1, -0.05) is 29.8 Å². The number of benzene rings is 1. The lowest BCUT2D eigenvalue weighted by atomic mass is 10.1. The van der Waals surface area contributed by atoms with Crippen LogP contribution in [0.25, 0.3) is 0 Å². The quantitative estimate of drug-likeness (QED) is 0.589. The minimum Gasteiger partial charge on any atom is -0.398 e. The highest BCUT2D eigenvalue weighted by Gasteiger charge is 2.08. The van der Waals surface area contributed by atoms with E-state index in [0.29, 0.717) is 0 Å². The van der Waals surface area contributed by atoms with Crippen LogP contribution in [-0.4, -0.2) is 18.0 Å². The fraction of sp³-hybridized carbons (Fsp3) is 0.385. The van der Waals surface area contributed by atoms with Gasteiger partial charge in [0.15, 0.2) is 0 Å². The molecule has 0 aliphatic carbocycles. The first-order valence-electron chi connectivity index (χ1n) is 5.48. The van der Waals surface area contributed by atoms with Gasteiger partial charge in [0.1, 0.15) is 0 Å². The van der Waals surface area contributed by atoms with Gasteiger partial charge in [-0.05, 0) is 25.0 Å². The van der Waals surface area contributed by atoms with Gasteiger partial charge in [-0.15, -0.1) is 0 Å². The van der Waals surface area contributed by atoms with Crippen LogP contribution in [0.1, 0.15) is 17.5 Å². The van der Waals surface area contributed by atoms with Gasteiger partial charge in [0.25, 0.3) is 0 Å². The largest absolute Gasteiger partial charge is 0.398 e. The van der Waals surface area contributed by atoms with E-state index in [1.807, 2.05) is 6.07 Å². The van der Waals surface area contributed by atoms with Crippen molar-refractivity contribution < 1.29 is 0 Å². The second-order valence-electron chi connectivity index (χ2n) is 4.20. The van der Waals surface area contributed by atoms with Crippen LogP contribution in [0.4, 0.5) is 5.69 Å². The van der Waals surface area contributed by atoms with Gasteiger partial charge >= 0.3 is 0 Å². The fourth-order valence-electron chi connectivity index (χ4n) is 1.95. The number of rotatable bonds is 2. The molecule has 0 aromatic heterocycles. The summed E-state index contributed by atoms with van der Waals surface area (Å²) in [5.74, 6) is 0. The highest BCUT2D eigenvalue weighted by molar-refractivity contribution is 5.48. The molecular formula is C13H18N2. The molecule has 0 fully saturated rings. The molecule has 1 aliphatic rings. The Morgan fingerprint density at radius 2 is 2.20 bits per heavy atom. The third kappa shape index (κ3) is 2.60. The number of aryl methyl sites for hydroxylation is 1. The van der Waals surface area contributed by atoms with E-state index in [0.717, 1.165) is 31.7 Å². The summed E-state index contributed by atoms with van der Waals surface area (Å²) in [6.07, 6.45) is 5.64. The molecule has 0 radical (unpaired) electrons. The summed E-state index contributed by atoms with van der Waals surface area (Å²) in [7, 11) is 0. The van der Waals surface area contributed by atoms with Crippen LogP contribution in [0.3, 0.4) is 0 Å². The average molecular weight is 202 g/mol. The van der Waals surface area contributed by atoms with E-state index in [1.165, 1.54) is 11.1 Å². The lowest BCUT2D eigenvalue weighted by molar-refractivity contribution is 0.291. The maximum absolute atomic E-state index is 5.96. The highest BCUT2D eigenvalue weighted by Crippen LogP contribution is 2.17. The molecule has 1 aromatic carbocycles. The molecule has 1 heterocycles. The molecule has 0 unspecified atom stereocenters. The Morgan fingerprint density at radius 1 is 1.33 bits per heavy atom. The normalized spacial score (nSPS) is 16.9. The van der Waals surface area contributed by atoms with Crippen LogP contribution < -0.4 is 5.73 Å². The van der Waals surface area contributed by atoms with Crippen LogP contribution in [0.5, 0.6) is 0 Å². The summed E-state index contributed by atoms with van der Waals surface area (Å²) in [5.41, 5.74) is 9.41. The number of hydrogen-bond donors (Lipinski definition) is 1. The third-order valence-electron chi connectivity index (χ3n) is 2.83. The van der Waals surface area contributed by atoms with Crippen molar-refractivity contribution in [1.29, 1.82) is 0 Å². The number of nitrogens with zero attached hydrogens (tertiary/aromatic N) is 1. The van der Waals surface area contributed by atoms with Crippen LogP contribution in [0.2, 0.25) is 0 Å². The summed E-state index contributed by atoms with van der Waals surface area (Å²) in [4.78, 5) is 2.42. The first kappa shape index (κ1) is 10.2. The lowest BCUT2D eigenvalue weighted by Crippen LogP contribution is -2.27. The topological polar surface area (TPSA) is 29.3 Å².